The van der Waals surface area contributed by atoms with Gasteiger partial charge in [0.25, 0.3) is 0 Å². The van der Waals surface area contributed by atoms with Gasteiger partial charge in [0.05, 0.1) is 0 Å². The Bertz CT molecular complexity index is 2570. The van der Waals surface area contributed by atoms with Crippen molar-refractivity contribution in [3.05, 3.63) is 119 Å². The summed E-state index contributed by atoms with van der Waals surface area (Å²) in [6.45, 7) is 0. The van der Waals surface area contributed by atoms with Crippen LogP contribution in [0.5, 0.6) is 0 Å². The Hall–Kier alpha value is -1.79. The third-order valence-electron chi connectivity index (χ3n) is 10.3. The zero-order chi connectivity index (χ0) is 35.3. The molecule has 0 atom stereocenters. The van der Waals surface area contributed by atoms with E-state index in [2.05, 4.69) is 72.8 Å². The van der Waals surface area contributed by atoms with Gasteiger partial charge in [-0.3, -0.25) is 0 Å². The number of benzene rings is 6. The Kier molecular flexibility index (Phi) is 17.3. The number of hydrogen-bond acceptors (Lipinski definition) is 6. The molecule has 300 valence electrons. The van der Waals surface area contributed by atoms with Crippen LogP contribution in [0.2, 0.25) is 0 Å². The van der Waals surface area contributed by atoms with Gasteiger partial charge in [0.15, 0.2) is 0 Å². The molecule has 2 heterocycles. The van der Waals surface area contributed by atoms with E-state index in [-0.39, 0.29) is 89.1 Å². The van der Waals surface area contributed by atoms with Crippen LogP contribution in [0.1, 0.15) is 55.4 Å². The van der Waals surface area contributed by atoms with Gasteiger partial charge < -0.3 is 16.8 Å². The van der Waals surface area contributed by atoms with Crippen LogP contribution in [0.4, 0.5) is 0 Å². The smallest absolute Gasteiger partial charge is 0.304 e. The molecule has 6 nitrogen and oxygen atoms in total. The van der Waals surface area contributed by atoms with E-state index in [1.807, 2.05) is 61.8 Å². The van der Waals surface area contributed by atoms with Crippen LogP contribution in [0.25, 0.3) is 65.4 Å². The first-order chi connectivity index (χ1) is 25.4. The van der Waals surface area contributed by atoms with Crippen LogP contribution in [-0.2, 0) is 107 Å². The van der Waals surface area contributed by atoms with Gasteiger partial charge in [-0.25, -0.2) is 9.34 Å². The van der Waals surface area contributed by atoms with E-state index in [1.54, 1.807) is 0 Å². The summed E-state index contributed by atoms with van der Waals surface area (Å²) in [7, 11) is 5.47. The van der Waals surface area contributed by atoms with Crippen LogP contribution in [-0.4, -0.2) is 28.2 Å². The normalized spacial score (nSPS) is 13.0. The second-order valence-electron chi connectivity index (χ2n) is 14.1. The maximum absolute atomic E-state index is 6.35. The molecule has 0 saturated carbocycles. The van der Waals surface area contributed by atoms with Crippen molar-refractivity contribution in [1.82, 2.24) is 0 Å². The molecule has 0 bridgehead atoms. The molecule has 57 heavy (non-hydrogen) atoms. The maximum Gasteiger partial charge on any atom is 0.304 e. The minimum absolute atomic E-state index is 0. The van der Waals surface area contributed by atoms with E-state index in [0.717, 1.165) is 80.3 Å². The van der Waals surface area contributed by atoms with Crippen molar-refractivity contribution in [3.63, 3.8) is 0 Å². The van der Waals surface area contributed by atoms with Crippen molar-refractivity contribution < 1.29 is 98.5 Å². The predicted octanol–water partition coefficient (Wildman–Crippen LogP) is 12.9. The van der Waals surface area contributed by atoms with E-state index >= 15 is 0 Å². The largest absolute Gasteiger partial charge is 0.436 e. The molecule has 8 aromatic rings. The molecule has 10 rings (SSSR count). The Morgan fingerprint density at radius 3 is 1.18 bits per heavy atom. The molecule has 0 saturated heterocycles. The van der Waals surface area contributed by atoms with E-state index < -0.39 is 16.3 Å². The van der Waals surface area contributed by atoms with Gasteiger partial charge in [-0.15, -0.1) is 79.5 Å². The molecule has 0 N–H and O–H groups in total. The molecule has 0 fully saturated rings. The molecular formula is C45H44N2O4P2Re4-4. The summed E-state index contributed by atoms with van der Waals surface area (Å²) in [4.78, 5) is 0. The van der Waals surface area contributed by atoms with Gasteiger partial charge in [-0.1, -0.05) is 95.2 Å². The standard InChI is InChI=1S/C22H24NO2P.C22H16NO2P.CH4.4Re/c2*1-23(2)26-24-19-13-11-15-7-3-5-9-17(15)21(19)22-18-10-6-4-8-16(18)12-14-20(22)25-26;;;;;/h11-12H,3-10H2,1-2H3;3-12H,1-2H3;1H4;;;;/q2*-2;;;;;. The van der Waals surface area contributed by atoms with E-state index in [9.17, 15) is 0 Å². The fraction of sp³-hybridized carbons (Fsp3) is 0.289. The molecule has 6 aromatic carbocycles. The summed E-state index contributed by atoms with van der Waals surface area (Å²) in [5, 5.41) is 9.07. The van der Waals surface area contributed by atoms with E-state index in [4.69, 9.17) is 16.8 Å². The van der Waals surface area contributed by atoms with Crippen LogP contribution in [0.15, 0.2) is 89.6 Å². The van der Waals surface area contributed by atoms with Gasteiger partial charge >= 0.3 is 16.3 Å². The number of rotatable bonds is 2. The van der Waals surface area contributed by atoms with Crippen molar-refractivity contribution in [2.75, 3.05) is 37.5 Å². The fourth-order valence-electron chi connectivity index (χ4n) is 7.84. The topological polar surface area (TPSA) is 59.0 Å². The van der Waals surface area contributed by atoms with E-state index in [0.29, 0.717) is 0 Å². The van der Waals surface area contributed by atoms with E-state index in [1.165, 1.54) is 58.7 Å². The van der Waals surface area contributed by atoms with Gasteiger partial charge in [-0.2, -0.15) is 46.5 Å². The first-order valence-electron chi connectivity index (χ1n) is 18.1. The number of fused-ring (bicyclic) bond motifs is 14. The van der Waals surface area contributed by atoms with Gasteiger partial charge in [0.1, 0.15) is 0 Å². The summed E-state index contributed by atoms with van der Waals surface area (Å²) < 4.78 is 29.2. The summed E-state index contributed by atoms with van der Waals surface area (Å²) in [6, 6.07) is 38.5. The molecule has 0 aliphatic heterocycles. The summed E-state index contributed by atoms with van der Waals surface area (Å²) >= 11 is 0. The van der Waals surface area contributed by atoms with Crippen molar-refractivity contribution in [2.45, 2.75) is 58.8 Å². The van der Waals surface area contributed by atoms with Crippen molar-refractivity contribution in [2.24, 2.45) is 0 Å². The predicted molar refractivity (Wildman–Crippen MR) is 223 cm³/mol. The molecule has 0 amide bonds. The van der Waals surface area contributed by atoms with Gasteiger partial charge in [0, 0.05) is 132 Å². The first-order valence-corrected chi connectivity index (χ1v) is 20.4. The molecule has 2 aliphatic rings. The molecular weight excluding hydrogens is 1440 g/mol. The summed E-state index contributed by atoms with van der Waals surface area (Å²) in [5.74, 6) is 0. The Balaban J connectivity index is 0.000000232. The zero-order valence-corrected chi connectivity index (χ0v) is 44.2. The summed E-state index contributed by atoms with van der Waals surface area (Å²) in [6.07, 6.45) is 9.59. The van der Waals surface area contributed by atoms with Crippen LogP contribution in [0.3, 0.4) is 0 Å². The quantitative estimate of drug-likeness (QED) is 0.161. The Labute approximate surface area is 392 Å². The van der Waals surface area contributed by atoms with Gasteiger partial charge in [-0.05, 0) is 0 Å². The molecule has 0 spiro atoms. The van der Waals surface area contributed by atoms with Crippen molar-refractivity contribution in [1.29, 1.82) is 0 Å². The minimum atomic E-state index is -1.27. The maximum atomic E-state index is 6.35. The third-order valence-corrected chi connectivity index (χ3v) is 13.0. The SMILES string of the molecule is C.CN(C)p1oc2[c-]cc3c(c2c2c4c(c[c-]c2o1)CCCC4)CCCC3.CN(C)p1oc2[c-]cc3ccccc3c2c2c([c-]cc3ccccc32)o1.[Re].[Re].[Re].[Re]. The minimum Gasteiger partial charge on any atom is -0.436 e. The molecule has 2 aromatic heterocycles. The zero-order valence-electron chi connectivity index (χ0n) is 31.5. The molecule has 12 heteroatoms. The van der Waals surface area contributed by atoms with Crippen molar-refractivity contribution in [3.8, 4) is 0 Å². The Morgan fingerprint density at radius 1 is 0.456 bits per heavy atom. The Morgan fingerprint density at radius 2 is 0.789 bits per heavy atom. The average Bonchev–Trinajstić information content (AvgIpc) is 3.47. The van der Waals surface area contributed by atoms with Crippen LogP contribution < -0.4 is 9.34 Å². The number of aryl methyl sites for hydroxylation is 4. The molecule has 4 radical (unpaired) electrons. The first kappa shape index (κ1) is 47.9. The second-order valence-corrected chi connectivity index (χ2v) is 17.4. The monoisotopic (exact) mass is 1490 g/mol. The third kappa shape index (κ3) is 9.28. The summed E-state index contributed by atoms with van der Waals surface area (Å²) in [5.41, 5.74) is 8.99. The van der Waals surface area contributed by atoms with Crippen LogP contribution >= 0.6 is 16.3 Å². The van der Waals surface area contributed by atoms with Crippen molar-refractivity contribution >= 4 is 81.8 Å². The van der Waals surface area contributed by atoms with Crippen LogP contribution in [0, 0.1) is 24.3 Å². The number of hydrogen-bond donors (Lipinski definition) is 0. The average molecular weight is 1480 g/mol. The second kappa shape index (κ2) is 20.7. The fourth-order valence-corrected chi connectivity index (χ4v) is 9.77. The molecule has 2 aliphatic carbocycles. The molecule has 0 unspecified atom stereocenters. The number of nitrogens with zero attached hydrogens (tertiary/aromatic N) is 2. The van der Waals surface area contributed by atoms with Gasteiger partial charge in [0.2, 0.25) is 0 Å².